The van der Waals surface area contributed by atoms with Crippen LogP contribution in [-0.2, 0) is 11.2 Å². The Morgan fingerprint density at radius 2 is 2.28 bits per heavy atom. The normalized spacial score (nSPS) is 10.2. The summed E-state index contributed by atoms with van der Waals surface area (Å²) in [4.78, 5) is 13.3. The Bertz CT molecular complexity index is 417. The molecule has 1 rings (SSSR count). The maximum atomic E-state index is 13.5. The maximum Gasteiger partial charge on any atom is 0.227 e. The SMILES string of the molecule is C=CCN(CCO)C(=O)Cc1c(F)cccc1Cl. The number of nitrogens with zero attached hydrogens (tertiary/aromatic N) is 1. The molecule has 3 nitrogen and oxygen atoms in total. The van der Waals surface area contributed by atoms with Gasteiger partial charge in [0.1, 0.15) is 5.82 Å². The van der Waals surface area contributed by atoms with Crippen LogP contribution in [0.3, 0.4) is 0 Å². The van der Waals surface area contributed by atoms with Crippen LogP contribution in [0.25, 0.3) is 0 Å². The quantitative estimate of drug-likeness (QED) is 0.805. The summed E-state index contributed by atoms with van der Waals surface area (Å²) in [5.41, 5.74) is 0.177. The lowest BCUT2D eigenvalue weighted by Crippen LogP contribution is -2.35. The third-order valence-corrected chi connectivity index (χ3v) is 2.82. The van der Waals surface area contributed by atoms with Crippen molar-refractivity contribution in [2.24, 2.45) is 0 Å². The number of aliphatic hydroxyl groups is 1. The Kier molecular flexibility index (Phi) is 5.82. The molecule has 0 aliphatic rings. The van der Waals surface area contributed by atoms with E-state index >= 15 is 0 Å². The average Bonchev–Trinajstić information content (AvgIpc) is 2.33. The maximum absolute atomic E-state index is 13.5. The lowest BCUT2D eigenvalue weighted by molar-refractivity contribution is -0.130. The van der Waals surface area contributed by atoms with Crippen molar-refractivity contribution >= 4 is 17.5 Å². The third-order valence-electron chi connectivity index (χ3n) is 2.46. The van der Waals surface area contributed by atoms with Gasteiger partial charge < -0.3 is 10.0 Å². The molecule has 0 fully saturated rings. The number of carbonyl (C=O) groups is 1. The topological polar surface area (TPSA) is 40.5 Å². The molecule has 0 spiro atoms. The number of benzene rings is 1. The molecule has 0 aliphatic carbocycles. The van der Waals surface area contributed by atoms with E-state index in [0.717, 1.165) is 0 Å². The fraction of sp³-hybridized carbons (Fsp3) is 0.308. The zero-order chi connectivity index (χ0) is 13.5. The molecule has 98 valence electrons. The molecule has 0 saturated carbocycles. The highest BCUT2D eigenvalue weighted by atomic mass is 35.5. The molecule has 18 heavy (non-hydrogen) atoms. The first-order valence-corrected chi connectivity index (χ1v) is 5.90. The van der Waals surface area contributed by atoms with E-state index in [2.05, 4.69) is 6.58 Å². The monoisotopic (exact) mass is 271 g/mol. The van der Waals surface area contributed by atoms with Gasteiger partial charge in [-0.3, -0.25) is 4.79 Å². The molecule has 1 N–H and O–H groups in total. The lowest BCUT2D eigenvalue weighted by Gasteiger charge is -2.20. The van der Waals surface area contributed by atoms with Crippen molar-refractivity contribution in [3.8, 4) is 0 Å². The van der Waals surface area contributed by atoms with Crippen LogP contribution < -0.4 is 0 Å². The summed E-state index contributed by atoms with van der Waals surface area (Å²) < 4.78 is 13.5. The van der Waals surface area contributed by atoms with Crippen LogP contribution in [0.2, 0.25) is 5.02 Å². The Morgan fingerprint density at radius 3 is 2.83 bits per heavy atom. The third kappa shape index (κ3) is 3.82. The first-order chi connectivity index (χ1) is 8.60. The molecule has 0 atom stereocenters. The van der Waals surface area contributed by atoms with E-state index in [1.54, 1.807) is 6.08 Å². The van der Waals surface area contributed by atoms with Crippen LogP contribution in [0.15, 0.2) is 30.9 Å². The minimum absolute atomic E-state index is 0.126. The van der Waals surface area contributed by atoms with E-state index in [-0.39, 0.29) is 36.1 Å². The van der Waals surface area contributed by atoms with Gasteiger partial charge in [0.25, 0.3) is 0 Å². The highest BCUT2D eigenvalue weighted by Gasteiger charge is 2.16. The summed E-state index contributed by atoms with van der Waals surface area (Å²) >= 11 is 5.85. The summed E-state index contributed by atoms with van der Waals surface area (Å²) in [5.74, 6) is -0.797. The molecule has 1 aromatic rings. The van der Waals surface area contributed by atoms with Crippen molar-refractivity contribution < 1.29 is 14.3 Å². The molecule has 0 aromatic heterocycles. The van der Waals surface area contributed by atoms with Crippen LogP contribution in [-0.4, -0.2) is 35.6 Å². The van der Waals surface area contributed by atoms with Crippen molar-refractivity contribution in [3.63, 3.8) is 0 Å². The number of hydrogen-bond donors (Lipinski definition) is 1. The minimum Gasteiger partial charge on any atom is -0.395 e. The minimum atomic E-state index is -0.501. The van der Waals surface area contributed by atoms with E-state index in [0.29, 0.717) is 6.54 Å². The lowest BCUT2D eigenvalue weighted by atomic mass is 10.1. The second-order valence-corrected chi connectivity index (χ2v) is 4.14. The highest BCUT2D eigenvalue weighted by molar-refractivity contribution is 6.31. The summed E-state index contributed by atoms with van der Waals surface area (Å²) in [7, 11) is 0. The number of rotatable bonds is 6. The van der Waals surface area contributed by atoms with Crippen molar-refractivity contribution in [2.75, 3.05) is 19.7 Å². The van der Waals surface area contributed by atoms with Crippen LogP contribution in [0.5, 0.6) is 0 Å². The average molecular weight is 272 g/mol. The van der Waals surface area contributed by atoms with E-state index in [1.807, 2.05) is 0 Å². The predicted octanol–water partition coefficient (Wildman–Crippen LogP) is 2.03. The Hall–Kier alpha value is -1.39. The van der Waals surface area contributed by atoms with E-state index in [4.69, 9.17) is 16.7 Å². The second-order valence-electron chi connectivity index (χ2n) is 3.73. The predicted molar refractivity (Wildman–Crippen MR) is 69.0 cm³/mol. The molecule has 5 heteroatoms. The molecule has 0 heterocycles. The highest BCUT2D eigenvalue weighted by Crippen LogP contribution is 2.20. The molecular weight excluding hydrogens is 257 g/mol. The van der Waals surface area contributed by atoms with Crippen molar-refractivity contribution in [1.82, 2.24) is 4.90 Å². The van der Waals surface area contributed by atoms with Gasteiger partial charge in [0.2, 0.25) is 5.91 Å². The molecular formula is C13H15ClFNO2. The van der Waals surface area contributed by atoms with E-state index < -0.39 is 5.82 Å². The van der Waals surface area contributed by atoms with Crippen molar-refractivity contribution in [1.29, 1.82) is 0 Å². The van der Waals surface area contributed by atoms with Gasteiger partial charge in [0.15, 0.2) is 0 Å². The smallest absolute Gasteiger partial charge is 0.227 e. The van der Waals surface area contributed by atoms with Gasteiger partial charge in [-0.05, 0) is 12.1 Å². The van der Waals surface area contributed by atoms with Crippen LogP contribution in [0.4, 0.5) is 4.39 Å². The van der Waals surface area contributed by atoms with Gasteiger partial charge in [-0.1, -0.05) is 23.7 Å². The standard InChI is InChI=1S/C13H15ClFNO2/c1-2-6-16(7-8-17)13(18)9-10-11(14)4-3-5-12(10)15/h2-5,17H,1,6-9H2. The van der Waals surface area contributed by atoms with Crippen molar-refractivity contribution in [3.05, 3.63) is 47.3 Å². The van der Waals surface area contributed by atoms with Gasteiger partial charge in [-0.2, -0.15) is 0 Å². The summed E-state index contributed by atoms with van der Waals surface area (Å²) in [5, 5.41) is 9.09. The largest absolute Gasteiger partial charge is 0.395 e. The number of carbonyl (C=O) groups excluding carboxylic acids is 1. The molecule has 0 radical (unpaired) electrons. The first kappa shape index (κ1) is 14.7. The van der Waals surface area contributed by atoms with Gasteiger partial charge in [-0.15, -0.1) is 6.58 Å². The van der Waals surface area contributed by atoms with E-state index in [1.165, 1.54) is 23.1 Å². The molecule has 1 aromatic carbocycles. The zero-order valence-corrected chi connectivity index (χ0v) is 10.7. The van der Waals surface area contributed by atoms with Crippen LogP contribution in [0.1, 0.15) is 5.56 Å². The Labute approximate surface area is 110 Å². The molecule has 0 unspecified atom stereocenters. The Balaban J connectivity index is 2.82. The molecule has 1 amide bonds. The van der Waals surface area contributed by atoms with Crippen LogP contribution >= 0.6 is 11.6 Å². The molecule has 0 aliphatic heterocycles. The van der Waals surface area contributed by atoms with Gasteiger partial charge in [-0.25, -0.2) is 4.39 Å². The van der Waals surface area contributed by atoms with Crippen molar-refractivity contribution in [2.45, 2.75) is 6.42 Å². The van der Waals surface area contributed by atoms with Gasteiger partial charge in [0, 0.05) is 23.7 Å². The van der Waals surface area contributed by atoms with Crippen LogP contribution in [0, 0.1) is 5.82 Å². The van der Waals surface area contributed by atoms with Gasteiger partial charge in [0.05, 0.1) is 13.0 Å². The summed E-state index contributed by atoms with van der Waals surface area (Å²) in [6.07, 6.45) is 1.43. The van der Waals surface area contributed by atoms with Gasteiger partial charge >= 0.3 is 0 Å². The summed E-state index contributed by atoms with van der Waals surface area (Å²) in [6.45, 7) is 3.89. The molecule has 0 bridgehead atoms. The number of amides is 1. The fourth-order valence-corrected chi connectivity index (χ4v) is 1.79. The number of aliphatic hydroxyl groups excluding tert-OH is 1. The second kappa shape index (κ2) is 7.13. The first-order valence-electron chi connectivity index (χ1n) is 5.52. The Morgan fingerprint density at radius 1 is 1.56 bits per heavy atom. The zero-order valence-electron chi connectivity index (χ0n) is 9.90. The number of hydrogen-bond acceptors (Lipinski definition) is 2. The fourth-order valence-electron chi connectivity index (χ4n) is 1.56. The molecule has 0 saturated heterocycles. The van der Waals surface area contributed by atoms with E-state index in [9.17, 15) is 9.18 Å². The number of halogens is 2. The summed E-state index contributed by atoms with van der Waals surface area (Å²) in [6, 6.07) is 4.29.